The van der Waals surface area contributed by atoms with Gasteiger partial charge in [-0.25, -0.2) is 4.39 Å². The maximum Gasteiger partial charge on any atom is 0.127 e. The highest BCUT2D eigenvalue weighted by Gasteiger charge is 2.34. The molecule has 1 aromatic carbocycles. The second kappa shape index (κ2) is 5.81. The van der Waals surface area contributed by atoms with Crippen LogP contribution in [0.1, 0.15) is 39.2 Å². The first-order valence-corrected chi connectivity index (χ1v) is 6.31. The predicted octanol–water partition coefficient (Wildman–Crippen LogP) is 2.87. The van der Waals surface area contributed by atoms with Crippen molar-refractivity contribution in [2.24, 2.45) is 5.41 Å². The first-order valence-electron chi connectivity index (χ1n) is 6.31. The molecule has 0 spiro atoms. The summed E-state index contributed by atoms with van der Waals surface area (Å²) in [6, 6.07) is 6.36. The second-order valence-corrected chi connectivity index (χ2v) is 6.14. The maximum absolute atomic E-state index is 13.9. The average molecular weight is 254 g/mol. The maximum atomic E-state index is 13.9. The van der Waals surface area contributed by atoms with Gasteiger partial charge in [-0.05, 0) is 29.9 Å². The Balaban J connectivity index is 3.04. The molecule has 0 radical (unpaired) electrons. The summed E-state index contributed by atoms with van der Waals surface area (Å²) in [4.78, 5) is 0. The highest BCUT2D eigenvalue weighted by atomic mass is 19.1. The lowest BCUT2D eigenvalue weighted by Crippen LogP contribution is -2.36. The van der Waals surface area contributed by atoms with Gasteiger partial charge in [0.15, 0.2) is 0 Å². The number of rotatable bonds is 5. The van der Waals surface area contributed by atoms with Gasteiger partial charge >= 0.3 is 0 Å². The van der Waals surface area contributed by atoms with Gasteiger partial charge in [-0.1, -0.05) is 39.0 Å². The van der Waals surface area contributed by atoms with Crippen molar-refractivity contribution in [1.29, 1.82) is 0 Å². The monoisotopic (exact) mass is 254 g/mol. The molecule has 0 bridgehead atoms. The fraction of sp³-hybridized carbons (Fsp3) is 0.600. The van der Waals surface area contributed by atoms with E-state index in [0.717, 1.165) is 6.42 Å². The van der Waals surface area contributed by atoms with Crippen molar-refractivity contribution in [3.8, 4) is 0 Å². The minimum absolute atomic E-state index is 0.0842. The van der Waals surface area contributed by atoms with E-state index in [0.29, 0.717) is 12.0 Å². The molecule has 0 aliphatic carbocycles. The molecule has 3 heteroatoms. The molecule has 102 valence electrons. The molecule has 0 atom stereocenters. The summed E-state index contributed by atoms with van der Waals surface area (Å²) in [5.41, 5.74) is -0.404. The number of halogens is 1. The third-order valence-electron chi connectivity index (χ3n) is 3.40. The summed E-state index contributed by atoms with van der Waals surface area (Å²) in [6.45, 7) is 5.77. The van der Waals surface area contributed by atoms with Crippen molar-refractivity contribution in [3.63, 3.8) is 0 Å². The van der Waals surface area contributed by atoms with Crippen molar-refractivity contribution in [2.75, 3.05) is 13.2 Å². The summed E-state index contributed by atoms with van der Waals surface area (Å²) in [5.74, 6) is -0.366. The lowest BCUT2D eigenvalue weighted by atomic mass is 9.74. The third-order valence-corrected chi connectivity index (χ3v) is 3.40. The van der Waals surface area contributed by atoms with Crippen molar-refractivity contribution in [2.45, 2.75) is 39.0 Å². The second-order valence-electron chi connectivity index (χ2n) is 6.14. The van der Waals surface area contributed by atoms with E-state index in [-0.39, 0.29) is 24.4 Å². The highest BCUT2D eigenvalue weighted by Crippen LogP contribution is 2.34. The van der Waals surface area contributed by atoms with Gasteiger partial charge in [-0.2, -0.15) is 0 Å². The fourth-order valence-corrected chi connectivity index (χ4v) is 2.02. The molecule has 0 aliphatic heterocycles. The molecular formula is C15H23FO2. The van der Waals surface area contributed by atoms with E-state index in [1.54, 1.807) is 18.2 Å². The van der Waals surface area contributed by atoms with Gasteiger partial charge in [0.2, 0.25) is 0 Å². The zero-order valence-electron chi connectivity index (χ0n) is 11.4. The van der Waals surface area contributed by atoms with Crippen LogP contribution in [0.25, 0.3) is 0 Å². The molecule has 0 heterocycles. The molecule has 0 unspecified atom stereocenters. The normalized spacial score (nSPS) is 12.8. The summed E-state index contributed by atoms with van der Waals surface area (Å²) in [7, 11) is 0. The first-order chi connectivity index (χ1) is 8.34. The molecule has 0 saturated heterocycles. The van der Waals surface area contributed by atoms with Crippen molar-refractivity contribution in [3.05, 3.63) is 35.6 Å². The highest BCUT2D eigenvalue weighted by molar-refractivity contribution is 5.27. The number of aliphatic hydroxyl groups excluding tert-OH is 2. The Morgan fingerprint density at radius 3 is 2.00 bits per heavy atom. The Hall–Kier alpha value is -0.930. The molecule has 0 saturated carbocycles. The largest absolute Gasteiger partial charge is 0.395 e. The quantitative estimate of drug-likeness (QED) is 0.848. The minimum atomic E-state index is -0.890. The first kappa shape index (κ1) is 15.1. The predicted molar refractivity (Wildman–Crippen MR) is 70.9 cm³/mol. The molecular weight excluding hydrogens is 231 g/mol. The lowest BCUT2D eigenvalue weighted by molar-refractivity contribution is 0.0959. The Bertz CT molecular complexity index is 378. The molecule has 0 fully saturated rings. The molecule has 0 amide bonds. The van der Waals surface area contributed by atoms with Crippen molar-refractivity contribution >= 4 is 0 Å². The van der Waals surface area contributed by atoms with E-state index in [1.807, 2.05) is 0 Å². The van der Waals surface area contributed by atoms with Crippen molar-refractivity contribution < 1.29 is 14.6 Å². The Morgan fingerprint density at radius 1 is 1.00 bits per heavy atom. The Morgan fingerprint density at radius 2 is 1.56 bits per heavy atom. The smallest absolute Gasteiger partial charge is 0.127 e. The number of hydrogen-bond donors (Lipinski definition) is 2. The zero-order chi connectivity index (χ0) is 13.8. The summed E-state index contributed by atoms with van der Waals surface area (Å²) >= 11 is 0. The molecule has 2 N–H and O–H groups in total. The van der Waals surface area contributed by atoms with Crippen LogP contribution in [-0.2, 0) is 5.41 Å². The molecule has 1 aromatic rings. The SMILES string of the molecule is CC(C)(C)CCC(CO)(CO)c1ccccc1F. The summed E-state index contributed by atoms with van der Waals surface area (Å²) in [5, 5.41) is 19.2. The van der Waals surface area contributed by atoms with E-state index in [2.05, 4.69) is 20.8 Å². The van der Waals surface area contributed by atoms with Gasteiger partial charge in [0.05, 0.1) is 13.2 Å². The van der Waals surface area contributed by atoms with E-state index in [4.69, 9.17) is 0 Å². The topological polar surface area (TPSA) is 40.5 Å². The van der Waals surface area contributed by atoms with Gasteiger partial charge < -0.3 is 10.2 Å². The zero-order valence-corrected chi connectivity index (χ0v) is 11.4. The van der Waals surface area contributed by atoms with Gasteiger partial charge in [0.1, 0.15) is 5.82 Å². The molecule has 0 aromatic heterocycles. The van der Waals surface area contributed by atoms with Gasteiger partial charge in [0, 0.05) is 5.41 Å². The van der Waals surface area contributed by atoms with Crippen LogP contribution in [0, 0.1) is 11.2 Å². The third kappa shape index (κ3) is 3.53. The van der Waals surface area contributed by atoms with E-state index in [9.17, 15) is 14.6 Å². The number of benzene rings is 1. The number of aliphatic hydroxyl groups is 2. The number of hydrogen-bond acceptors (Lipinski definition) is 2. The van der Waals surface area contributed by atoms with Crippen LogP contribution in [0.3, 0.4) is 0 Å². The molecule has 0 aliphatic rings. The van der Waals surface area contributed by atoms with Gasteiger partial charge in [-0.15, -0.1) is 0 Å². The van der Waals surface area contributed by atoms with Crippen LogP contribution in [0.15, 0.2) is 24.3 Å². The molecule has 2 nitrogen and oxygen atoms in total. The van der Waals surface area contributed by atoms with E-state index < -0.39 is 5.41 Å². The van der Waals surface area contributed by atoms with Crippen LogP contribution in [0.4, 0.5) is 4.39 Å². The minimum Gasteiger partial charge on any atom is -0.395 e. The molecule has 18 heavy (non-hydrogen) atoms. The van der Waals surface area contributed by atoms with Gasteiger partial charge in [0.25, 0.3) is 0 Å². The fourth-order valence-electron chi connectivity index (χ4n) is 2.02. The standard InChI is InChI=1S/C15H23FO2/c1-14(2,3)8-9-15(10-17,11-18)12-6-4-5-7-13(12)16/h4-7,17-18H,8-11H2,1-3H3. The van der Waals surface area contributed by atoms with Crippen LogP contribution < -0.4 is 0 Å². The van der Waals surface area contributed by atoms with Gasteiger partial charge in [-0.3, -0.25) is 0 Å². The van der Waals surface area contributed by atoms with Crippen molar-refractivity contribution in [1.82, 2.24) is 0 Å². The van der Waals surface area contributed by atoms with E-state index in [1.165, 1.54) is 6.07 Å². The van der Waals surface area contributed by atoms with E-state index >= 15 is 0 Å². The van der Waals surface area contributed by atoms with Crippen LogP contribution in [-0.4, -0.2) is 23.4 Å². The van der Waals surface area contributed by atoms with Crippen LogP contribution >= 0.6 is 0 Å². The lowest BCUT2D eigenvalue weighted by Gasteiger charge is -2.33. The molecule has 1 rings (SSSR count). The van der Waals surface area contributed by atoms with Crippen LogP contribution in [0.5, 0.6) is 0 Å². The Kier molecular flexibility index (Phi) is 4.88. The average Bonchev–Trinajstić information content (AvgIpc) is 2.31. The summed E-state index contributed by atoms with van der Waals surface area (Å²) < 4.78 is 13.9. The van der Waals surface area contributed by atoms with Crippen LogP contribution in [0.2, 0.25) is 0 Å². The summed E-state index contributed by atoms with van der Waals surface area (Å²) in [6.07, 6.45) is 1.37. The Labute approximate surface area is 108 Å².